The average molecular weight is 652 g/mol. The maximum atomic E-state index is 10.5. The van der Waals surface area contributed by atoms with Crippen molar-refractivity contribution >= 4 is 73.2 Å². The number of nitrogens with zero attached hydrogens (tertiary/aromatic N) is 3. The quantitative estimate of drug-likeness (QED) is 0.135. The van der Waals surface area contributed by atoms with E-state index in [1.807, 2.05) is 25.1 Å². The third-order valence-electron chi connectivity index (χ3n) is 10.2. The van der Waals surface area contributed by atoms with Gasteiger partial charge in [-0.3, -0.25) is 0 Å². The fourth-order valence-corrected chi connectivity index (χ4v) is 9.41. The summed E-state index contributed by atoms with van der Waals surface area (Å²) < 4.78 is 3.50. The van der Waals surface area contributed by atoms with Crippen LogP contribution in [0.25, 0.3) is 50.5 Å². The summed E-state index contributed by atoms with van der Waals surface area (Å²) in [5.41, 5.74) is 11.4. The molecule has 238 valence electrons. The Bertz CT molecular complexity index is 2420. The van der Waals surface area contributed by atoms with Crippen molar-refractivity contribution in [1.29, 1.82) is 5.26 Å². The van der Waals surface area contributed by atoms with Gasteiger partial charge >= 0.3 is 0 Å². The van der Waals surface area contributed by atoms with Gasteiger partial charge in [0.25, 0.3) is 0 Å². The molecule has 4 heteroatoms. The Morgan fingerprint density at radius 1 is 1.04 bits per heavy atom. The number of terminal acetylenes is 1. The lowest BCUT2D eigenvalue weighted by atomic mass is 9.87. The summed E-state index contributed by atoms with van der Waals surface area (Å²) in [7, 11) is 0. The Balaban J connectivity index is 1.40. The standard InChI is InChI=1S/C45H37N3S/c1-5-16-35-36-25-26-40-44(45(36)49-42(35)7-3)32(6-2)41(47(40)31-18-9-8-10-19-31)27-29(4)43-30(28-46)17-15-24-39(43)48-37-22-13-11-20-33(37)34-21-12-14-23-38(34)48/h2,5,7,9,11-13,15-22,24-27,34,38H,3,8,10,14,23H2,1,4H3/b16-5-,29-27+. The van der Waals surface area contributed by atoms with Crippen LogP contribution < -0.4 is 4.90 Å². The second-order valence-corrected chi connectivity index (χ2v) is 14.0. The third-order valence-corrected chi connectivity index (χ3v) is 11.5. The van der Waals surface area contributed by atoms with Crippen molar-refractivity contribution < 1.29 is 0 Å². The zero-order valence-corrected chi connectivity index (χ0v) is 28.7. The molecule has 0 bridgehead atoms. The smallest absolute Gasteiger partial charge is 0.0998 e. The lowest BCUT2D eigenvalue weighted by Crippen LogP contribution is -2.31. The molecule has 3 aromatic carbocycles. The van der Waals surface area contributed by atoms with Gasteiger partial charge in [-0.05, 0) is 92.6 Å². The Labute approximate surface area is 292 Å². The van der Waals surface area contributed by atoms with E-state index in [2.05, 4.69) is 126 Å². The van der Waals surface area contributed by atoms with E-state index in [4.69, 9.17) is 6.42 Å². The van der Waals surface area contributed by atoms with E-state index in [0.717, 1.165) is 75.2 Å². The molecular formula is C45H37N3S. The molecule has 2 aliphatic carbocycles. The van der Waals surface area contributed by atoms with E-state index >= 15 is 0 Å². The number of hydrogen-bond acceptors (Lipinski definition) is 3. The molecule has 3 nitrogen and oxygen atoms in total. The number of allylic oxidation sites excluding steroid dienone is 7. The highest BCUT2D eigenvalue weighted by Crippen LogP contribution is 2.51. The van der Waals surface area contributed by atoms with Crippen LogP contribution in [0, 0.1) is 23.7 Å². The highest BCUT2D eigenvalue weighted by Gasteiger charge is 2.39. The van der Waals surface area contributed by atoms with Gasteiger partial charge in [0.05, 0.1) is 34.1 Å². The molecule has 0 saturated heterocycles. The van der Waals surface area contributed by atoms with Crippen LogP contribution in [0.1, 0.15) is 83.8 Å². The SMILES string of the molecule is C#Cc1c(/C=C(\C)c2c(C#N)cccc2N2c3ccccc3C3C=CCCC32)n(C2=CCCC=C2)c2ccc3c(/C=C\C)c(C=C)sc3c12. The third kappa shape index (κ3) is 4.79. The molecule has 49 heavy (non-hydrogen) atoms. The summed E-state index contributed by atoms with van der Waals surface area (Å²) in [6, 6.07) is 22.2. The number of rotatable bonds is 6. The summed E-state index contributed by atoms with van der Waals surface area (Å²) in [4.78, 5) is 3.63. The monoisotopic (exact) mass is 651 g/mol. The molecule has 0 radical (unpaired) electrons. The molecule has 0 N–H and O–H groups in total. The number of benzene rings is 3. The van der Waals surface area contributed by atoms with Gasteiger partial charge in [0.2, 0.25) is 0 Å². The number of para-hydroxylation sites is 1. The largest absolute Gasteiger partial charge is 0.337 e. The van der Waals surface area contributed by atoms with Crippen LogP contribution in [0.5, 0.6) is 0 Å². The van der Waals surface area contributed by atoms with Crippen LogP contribution in [0.4, 0.5) is 11.4 Å². The van der Waals surface area contributed by atoms with Crippen LogP contribution in [-0.4, -0.2) is 10.6 Å². The maximum Gasteiger partial charge on any atom is 0.0998 e. The Kier molecular flexibility index (Phi) is 7.83. The van der Waals surface area contributed by atoms with Crippen molar-refractivity contribution in [3.8, 4) is 18.4 Å². The Morgan fingerprint density at radius 2 is 1.90 bits per heavy atom. The van der Waals surface area contributed by atoms with Crippen LogP contribution in [0.15, 0.2) is 97.6 Å². The van der Waals surface area contributed by atoms with Gasteiger partial charge in [-0.15, -0.1) is 17.8 Å². The summed E-state index contributed by atoms with van der Waals surface area (Å²) in [6.45, 7) is 8.31. The van der Waals surface area contributed by atoms with E-state index in [1.54, 1.807) is 11.3 Å². The number of anilines is 2. The highest BCUT2D eigenvalue weighted by atomic mass is 32.1. The minimum Gasteiger partial charge on any atom is -0.337 e. The van der Waals surface area contributed by atoms with E-state index in [1.165, 1.54) is 26.9 Å². The molecule has 5 aromatic rings. The van der Waals surface area contributed by atoms with E-state index in [9.17, 15) is 5.26 Å². The highest BCUT2D eigenvalue weighted by molar-refractivity contribution is 7.21. The van der Waals surface area contributed by atoms with Gasteiger partial charge in [-0.25, -0.2) is 0 Å². The molecule has 0 spiro atoms. The fraction of sp³-hybridized carbons (Fsp3) is 0.178. The molecule has 2 atom stereocenters. The molecule has 3 aliphatic rings. The predicted molar refractivity (Wildman–Crippen MR) is 211 cm³/mol. The van der Waals surface area contributed by atoms with E-state index < -0.39 is 0 Å². The first-order valence-electron chi connectivity index (χ1n) is 17.1. The first-order valence-corrected chi connectivity index (χ1v) is 17.9. The molecule has 2 aromatic heterocycles. The van der Waals surface area contributed by atoms with Gasteiger partial charge in [0.15, 0.2) is 0 Å². The van der Waals surface area contributed by atoms with Crippen LogP contribution in [0.2, 0.25) is 0 Å². The second-order valence-electron chi connectivity index (χ2n) is 12.9. The van der Waals surface area contributed by atoms with Crippen molar-refractivity contribution in [2.75, 3.05) is 4.90 Å². The van der Waals surface area contributed by atoms with Gasteiger partial charge in [-0.2, -0.15) is 5.26 Å². The normalized spacial score (nSPS) is 18.5. The zero-order chi connectivity index (χ0) is 33.6. The predicted octanol–water partition coefficient (Wildman–Crippen LogP) is 12.1. The number of thiophene rings is 1. The van der Waals surface area contributed by atoms with Crippen LogP contribution in [-0.2, 0) is 0 Å². The van der Waals surface area contributed by atoms with Crippen molar-refractivity contribution in [2.24, 2.45) is 0 Å². The molecule has 1 aliphatic heterocycles. The zero-order valence-electron chi connectivity index (χ0n) is 27.9. The van der Waals surface area contributed by atoms with Crippen molar-refractivity contribution in [3.63, 3.8) is 0 Å². The number of nitriles is 1. The van der Waals surface area contributed by atoms with Crippen molar-refractivity contribution in [3.05, 3.63) is 136 Å². The maximum absolute atomic E-state index is 10.5. The molecule has 8 rings (SSSR count). The van der Waals surface area contributed by atoms with Gasteiger partial charge in [0.1, 0.15) is 0 Å². The number of fused-ring (bicyclic) bond motifs is 6. The number of hydrogen-bond donors (Lipinski definition) is 0. The molecule has 0 amide bonds. The van der Waals surface area contributed by atoms with Gasteiger partial charge in [0, 0.05) is 49.3 Å². The average Bonchev–Trinajstić information content (AvgIpc) is 3.78. The first-order chi connectivity index (χ1) is 24.1. The van der Waals surface area contributed by atoms with Gasteiger partial charge < -0.3 is 9.47 Å². The molecule has 2 unspecified atom stereocenters. The van der Waals surface area contributed by atoms with Crippen molar-refractivity contribution in [2.45, 2.75) is 51.5 Å². The van der Waals surface area contributed by atoms with Crippen molar-refractivity contribution in [1.82, 2.24) is 4.57 Å². The van der Waals surface area contributed by atoms with E-state index in [-0.39, 0.29) is 0 Å². The molecular weight excluding hydrogens is 615 g/mol. The van der Waals surface area contributed by atoms with Crippen LogP contribution in [0.3, 0.4) is 0 Å². The molecule has 0 fully saturated rings. The lowest BCUT2D eigenvalue weighted by molar-refractivity contribution is 0.565. The summed E-state index contributed by atoms with van der Waals surface area (Å²) >= 11 is 1.74. The topological polar surface area (TPSA) is 32.0 Å². The Hall–Kier alpha value is -5.55. The molecule has 3 heterocycles. The summed E-state index contributed by atoms with van der Waals surface area (Å²) in [6.07, 6.45) is 30.4. The minimum absolute atomic E-state index is 0.297. The lowest BCUT2D eigenvalue weighted by Gasteiger charge is -2.33. The van der Waals surface area contributed by atoms with Gasteiger partial charge in [-0.1, -0.05) is 85.4 Å². The summed E-state index contributed by atoms with van der Waals surface area (Å²) in [5.74, 6) is 3.47. The second kappa shape index (κ2) is 12.5. The number of aromatic nitrogens is 1. The van der Waals surface area contributed by atoms with Crippen LogP contribution >= 0.6 is 11.3 Å². The summed E-state index contributed by atoms with van der Waals surface area (Å²) in [5, 5.41) is 12.8. The minimum atomic E-state index is 0.297. The first kappa shape index (κ1) is 30.8. The fourth-order valence-electron chi connectivity index (χ4n) is 8.22. The Morgan fingerprint density at radius 3 is 2.67 bits per heavy atom. The molecule has 0 saturated carbocycles. The van der Waals surface area contributed by atoms with E-state index in [0.29, 0.717) is 17.5 Å².